The Morgan fingerprint density at radius 3 is 1.91 bits per heavy atom. The van der Waals surface area contributed by atoms with Crippen molar-refractivity contribution in [1.29, 1.82) is 0 Å². The van der Waals surface area contributed by atoms with E-state index in [9.17, 15) is 26.3 Å². The normalized spacial score (nSPS) is 19.4. The maximum Gasteiger partial charge on any atom is 0.490 e. The van der Waals surface area contributed by atoms with Crippen LogP contribution >= 0.6 is 0 Å². The predicted octanol–water partition coefficient (Wildman–Crippen LogP) is 1.90. The van der Waals surface area contributed by atoms with Gasteiger partial charge in [-0.2, -0.15) is 26.3 Å². The molecule has 0 radical (unpaired) electrons. The highest BCUT2D eigenvalue weighted by Gasteiger charge is 2.49. The van der Waals surface area contributed by atoms with E-state index in [4.69, 9.17) is 24.5 Å². The number of hydrogen-bond donors (Lipinski definition) is 2. The zero-order valence-electron chi connectivity index (χ0n) is 17.0. The Kier molecular flexibility index (Phi) is 9.20. The SMILES string of the molecule is CN(C)CC1CC2(CO1)CN(c1ncccn1)C2.O=C(O)C(F)(F)F.O=C(O)C(F)(F)F. The van der Waals surface area contributed by atoms with Crippen molar-refractivity contribution in [3.8, 4) is 0 Å². The first-order chi connectivity index (χ1) is 14.6. The van der Waals surface area contributed by atoms with Crippen molar-refractivity contribution >= 4 is 17.9 Å². The monoisotopic (exact) mass is 476 g/mol. The number of aromatic nitrogens is 2. The largest absolute Gasteiger partial charge is 0.490 e. The second kappa shape index (κ2) is 10.8. The summed E-state index contributed by atoms with van der Waals surface area (Å²) in [4.78, 5) is 30.8. The third kappa shape index (κ3) is 8.82. The van der Waals surface area contributed by atoms with Crippen molar-refractivity contribution in [2.45, 2.75) is 24.9 Å². The summed E-state index contributed by atoms with van der Waals surface area (Å²) >= 11 is 0. The molecule has 1 aromatic heterocycles. The quantitative estimate of drug-likeness (QED) is 0.631. The Morgan fingerprint density at radius 1 is 1.09 bits per heavy atom. The Labute approximate surface area is 178 Å². The number of halogens is 6. The van der Waals surface area contributed by atoms with Gasteiger partial charge in [0.05, 0.1) is 12.7 Å². The Bertz CT molecular complexity index is 730. The lowest BCUT2D eigenvalue weighted by Crippen LogP contribution is -2.57. The molecule has 1 aromatic rings. The molecule has 2 saturated heterocycles. The average molecular weight is 476 g/mol. The van der Waals surface area contributed by atoms with E-state index in [2.05, 4.69) is 33.9 Å². The number of carbonyl (C=O) groups is 2. The van der Waals surface area contributed by atoms with Crippen LogP contribution in [0.5, 0.6) is 0 Å². The van der Waals surface area contributed by atoms with Crippen LogP contribution in [-0.4, -0.2) is 95.8 Å². The summed E-state index contributed by atoms with van der Waals surface area (Å²) in [6, 6.07) is 1.85. The fraction of sp³-hybridized carbons (Fsp3) is 0.647. The smallest absolute Gasteiger partial charge is 0.475 e. The molecule has 3 heterocycles. The molecule has 0 amide bonds. The van der Waals surface area contributed by atoms with Gasteiger partial charge in [0.1, 0.15) is 0 Å². The number of carboxylic acid groups (broad SMARTS) is 2. The van der Waals surface area contributed by atoms with Crippen molar-refractivity contribution in [1.82, 2.24) is 14.9 Å². The van der Waals surface area contributed by atoms with Gasteiger partial charge in [-0.25, -0.2) is 19.6 Å². The summed E-state index contributed by atoms with van der Waals surface area (Å²) in [5.74, 6) is -4.67. The minimum Gasteiger partial charge on any atom is -0.475 e. The second-order valence-electron chi connectivity index (χ2n) is 7.41. The highest BCUT2D eigenvalue weighted by atomic mass is 19.4. The Hall–Kier alpha value is -2.68. The zero-order valence-corrected chi connectivity index (χ0v) is 17.0. The van der Waals surface area contributed by atoms with Crippen LogP contribution in [0.1, 0.15) is 6.42 Å². The molecule has 0 saturated carbocycles. The molecule has 2 N–H and O–H groups in total. The molecule has 182 valence electrons. The number of anilines is 1. The molecular weight excluding hydrogens is 454 g/mol. The highest BCUT2D eigenvalue weighted by Crippen LogP contribution is 2.42. The minimum absolute atomic E-state index is 0.347. The van der Waals surface area contributed by atoms with Crippen LogP contribution in [0.3, 0.4) is 0 Å². The molecule has 0 bridgehead atoms. The minimum atomic E-state index is -5.08. The molecule has 0 aromatic carbocycles. The van der Waals surface area contributed by atoms with Crippen molar-refractivity contribution < 1.29 is 50.9 Å². The van der Waals surface area contributed by atoms with E-state index < -0.39 is 24.3 Å². The van der Waals surface area contributed by atoms with Crippen LogP contribution in [0, 0.1) is 5.41 Å². The number of hydrogen-bond acceptors (Lipinski definition) is 7. The highest BCUT2D eigenvalue weighted by molar-refractivity contribution is 5.73. The Morgan fingerprint density at radius 2 is 1.53 bits per heavy atom. The van der Waals surface area contributed by atoms with Crippen LogP contribution in [0.15, 0.2) is 18.5 Å². The van der Waals surface area contributed by atoms with E-state index in [1.54, 1.807) is 12.4 Å². The number of rotatable bonds is 3. The molecular formula is C17H22F6N4O5. The number of likely N-dealkylation sites (N-methyl/N-ethyl adjacent to an activating group) is 1. The molecule has 9 nitrogen and oxygen atoms in total. The van der Waals surface area contributed by atoms with Gasteiger partial charge in [0.15, 0.2) is 0 Å². The number of nitrogens with zero attached hydrogens (tertiary/aromatic N) is 4. The molecule has 2 aliphatic heterocycles. The summed E-state index contributed by atoms with van der Waals surface area (Å²) in [5.41, 5.74) is 0.347. The lowest BCUT2D eigenvalue weighted by atomic mass is 9.78. The fourth-order valence-corrected chi connectivity index (χ4v) is 3.00. The lowest BCUT2D eigenvalue weighted by Gasteiger charge is -2.47. The van der Waals surface area contributed by atoms with Gasteiger partial charge in [-0.15, -0.1) is 0 Å². The van der Waals surface area contributed by atoms with Gasteiger partial charge in [0.25, 0.3) is 0 Å². The molecule has 2 fully saturated rings. The van der Waals surface area contributed by atoms with Crippen molar-refractivity contribution in [3.05, 3.63) is 18.5 Å². The summed E-state index contributed by atoms with van der Waals surface area (Å²) in [6.07, 6.45) is -5.02. The van der Waals surface area contributed by atoms with Crippen LogP contribution in [-0.2, 0) is 14.3 Å². The van der Waals surface area contributed by atoms with Gasteiger partial charge in [-0.3, -0.25) is 0 Å². The molecule has 1 spiro atoms. The number of ether oxygens (including phenoxy) is 1. The summed E-state index contributed by atoms with van der Waals surface area (Å²) < 4.78 is 69.4. The van der Waals surface area contributed by atoms with Crippen LogP contribution in [0.4, 0.5) is 32.3 Å². The third-order valence-corrected chi connectivity index (χ3v) is 4.23. The molecule has 1 unspecified atom stereocenters. The van der Waals surface area contributed by atoms with Gasteiger partial charge >= 0.3 is 24.3 Å². The zero-order chi connectivity index (χ0) is 24.7. The average Bonchev–Trinajstić information content (AvgIpc) is 3.04. The van der Waals surface area contributed by atoms with Gasteiger partial charge in [-0.05, 0) is 26.6 Å². The van der Waals surface area contributed by atoms with Gasteiger partial charge in [0.2, 0.25) is 5.95 Å². The fourth-order valence-electron chi connectivity index (χ4n) is 3.00. The summed E-state index contributed by atoms with van der Waals surface area (Å²) in [6.45, 7) is 3.96. The molecule has 3 rings (SSSR count). The van der Waals surface area contributed by atoms with Crippen molar-refractivity contribution in [2.75, 3.05) is 45.2 Å². The number of alkyl halides is 6. The van der Waals surface area contributed by atoms with E-state index in [1.165, 1.54) is 0 Å². The lowest BCUT2D eigenvalue weighted by molar-refractivity contribution is -0.193. The van der Waals surface area contributed by atoms with Crippen molar-refractivity contribution in [2.24, 2.45) is 5.41 Å². The van der Waals surface area contributed by atoms with Gasteiger partial charge < -0.3 is 24.7 Å². The first kappa shape index (κ1) is 27.4. The molecule has 1 atom stereocenters. The first-order valence-corrected chi connectivity index (χ1v) is 8.94. The molecule has 32 heavy (non-hydrogen) atoms. The van der Waals surface area contributed by atoms with Crippen LogP contribution in [0.25, 0.3) is 0 Å². The topological polar surface area (TPSA) is 116 Å². The van der Waals surface area contributed by atoms with E-state index >= 15 is 0 Å². The molecule has 2 aliphatic rings. The molecule has 0 aliphatic carbocycles. The number of carboxylic acids is 2. The predicted molar refractivity (Wildman–Crippen MR) is 97.0 cm³/mol. The van der Waals surface area contributed by atoms with Gasteiger partial charge in [-0.1, -0.05) is 0 Å². The number of aliphatic carboxylic acids is 2. The van der Waals surface area contributed by atoms with E-state index in [1.807, 2.05) is 6.07 Å². The van der Waals surface area contributed by atoms with Crippen molar-refractivity contribution in [3.63, 3.8) is 0 Å². The van der Waals surface area contributed by atoms with Crippen LogP contribution < -0.4 is 4.90 Å². The third-order valence-electron chi connectivity index (χ3n) is 4.23. The van der Waals surface area contributed by atoms with Gasteiger partial charge in [0, 0.05) is 37.4 Å². The first-order valence-electron chi connectivity index (χ1n) is 8.94. The maximum absolute atomic E-state index is 10.6. The van der Waals surface area contributed by atoms with E-state index in [0.717, 1.165) is 38.6 Å². The maximum atomic E-state index is 10.6. The van der Waals surface area contributed by atoms with E-state index in [0.29, 0.717) is 11.5 Å². The Balaban J connectivity index is 0.000000305. The summed E-state index contributed by atoms with van der Waals surface area (Å²) in [7, 11) is 4.19. The molecule has 15 heteroatoms. The van der Waals surface area contributed by atoms with E-state index in [-0.39, 0.29) is 0 Å². The van der Waals surface area contributed by atoms with Crippen LogP contribution in [0.2, 0.25) is 0 Å². The second-order valence-corrected chi connectivity index (χ2v) is 7.41. The standard InChI is InChI=1S/C13H20N4O.2C2HF3O2/c1-16(2)7-11-6-13(10-18-11)8-17(9-13)12-14-4-3-5-15-12;2*3-2(4,5)1(6)7/h3-5,11H,6-10H2,1-2H3;2*(H,6,7). The summed E-state index contributed by atoms with van der Waals surface area (Å²) in [5, 5.41) is 14.2.